The van der Waals surface area contributed by atoms with Gasteiger partial charge >= 0.3 is 0 Å². The molecule has 0 unspecified atom stereocenters. The van der Waals surface area contributed by atoms with E-state index in [9.17, 15) is 8.78 Å². The molecule has 0 aliphatic heterocycles. The van der Waals surface area contributed by atoms with Crippen LogP contribution in [-0.4, -0.2) is 11.7 Å². The van der Waals surface area contributed by atoms with Crippen molar-refractivity contribution in [2.45, 2.75) is 13.5 Å². The third-order valence-electron chi connectivity index (χ3n) is 2.88. The lowest BCUT2D eigenvalue weighted by molar-refractivity contribution is 0.297. The van der Waals surface area contributed by atoms with Crippen LogP contribution in [0.4, 0.5) is 8.78 Å². The summed E-state index contributed by atoms with van der Waals surface area (Å²) in [6.45, 7) is 1.59. The molecule has 0 saturated heterocycles. The smallest absolute Gasteiger partial charge is 0.130 e. The van der Waals surface area contributed by atoms with Crippen LogP contribution >= 0.6 is 0 Å². The van der Waals surface area contributed by atoms with E-state index < -0.39 is 11.6 Å². The first-order chi connectivity index (χ1) is 10.1. The first kappa shape index (κ1) is 15.0. The highest BCUT2D eigenvalue weighted by Crippen LogP contribution is 2.21. The Hall–Kier alpha value is -2.38. The average molecular weight is 288 g/mol. The van der Waals surface area contributed by atoms with Crippen molar-refractivity contribution in [2.75, 3.05) is 6.61 Å². The Labute approximate surface area is 122 Å². The lowest BCUT2D eigenvalue weighted by atomic mass is 10.1. The number of ether oxygens (including phenoxy) is 1. The molecule has 0 saturated carbocycles. The van der Waals surface area contributed by atoms with E-state index >= 15 is 0 Å². The maximum atomic E-state index is 13.5. The SMILES string of the molecule is Cc1cc(C#CCO)ccc1OCc1cc(F)ccc1F. The highest BCUT2D eigenvalue weighted by molar-refractivity contribution is 5.43. The van der Waals surface area contributed by atoms with E-state index in [1.165, 1.54) is 0 Å². The number of hydrogen-bond donors (Lipinski definition) is 1. The molecule has 0 atom stereocenters. The summed E-state index contributed by atoms with van der Waals surface area (Å²) in [5.74, 6) is 4.92. The Morgan fingerprint density at radius 2 is 1.95 bits per heavy atom. The van der Waals surface area contributed by atoms with Gasteiger partial charge in [-0.05, 0) is 48.9 Å². The lowest BCUT2D eigenvalue weighted by Crippen LogP contribution is -2.00. The number of benzene rings is 2. The van der Waals surface area contributed by atoms with E-state index in [2.05, 4.69) is 11.8 Å². The first-order valence-electron chi connectivity index (χ1n) is 6.37. The number of halogens is 2. The zero-order valence-electron chi connectivity index (χ0n) is 11.5. The van der Waals surface area contributed by atoms with Gasteiger partial charge in [0.25, 0.3) is 0 Å². The van der Waals surface area contributed by atoms with Crippen LogP contribution in [0.25, 0.3) is 0 Å². The third kappa shape index (κ3) is 4.04. The van der Waals surface area contributed by atoms with Crippen molar-refractivity contribution < 1.29 is 18.6 Å². The predicted molar refractivity (Wildman–Crippen MR) is 75.8 cm³/mol. The summed E-state index contributed by atoms with van der Waals surface area (Å²) in [5, 5.41) is 8.65. The molecule has 0 aromatic heterocycles. The summed E-state index contributed by atoms with van der Waals surface area (Å²) >= 11 is 0. The van der Waals surface area contributed by atoms with E-state index in [4.69, 9.17) is 9.84 Å². The highest BCUT2D eigenvalue weighted by atomic mass is 19.1. The molecule has 0 radical (unpaired) electrons. The zero-order valence-corrected chi connectivity index (χ0v) is 11.5. The molecule has 108 valence electrons. The monoisotopic (exact) mass is 288 g/mol. The van der Waals surface area contributed by atoms with Crippen molar-refractivity contribution in [1.29, 1.82) is 0 Å². The number of aryl methyl sites for hydroxylation is 1. The summed E-state index contributed by atoms with van der Waals surface area (Å²) in [6.07, 6.45) is 0. The zero-order chi connectivity index (χ0) is 15.2. The maximum Gasteiger partial charge on any atom is 0.130 e. The fourth-order valence-corrected chi connectivity index (χ4v) is 1.84. The molecule has 2 aromatic rings. The molecule has 0 bridgehead atoms. The molecule has 4 heteroatoms. The van der Waals surface area contributed by atoms with Gasteiger partial charge in [-0.15, -0.1) is 0 Å². The van der Waals surface area contributed by atoms with Gasteiger partial charge in [0.05, 0.1) is 0 Å². The summed E-state index contributed by atoms with van der Waals surface area (Å²) in [5.41, 5.74) is 1.75. The average Bonchev–Trinajstić information content (AvgIpc) is 2.47. The molecule has 0 spiro atoms. The molecule has 0 heterocycles. The number of rotatable bonds is 3. The summed E-state index contributed by atoms with van der Waals surface area (Å²) in [6, 6.07) is 8.53. The Bertz CT molecular complexity index is 700. The summed E-state index contributed by atoms with van der Waals surface area (Å²) in [7, 11) is 0. The predicted octanol–water partition coefficient (Wildman–Crippen LogP) is 3.20. The minimum Gasteiger partial charge on any atom is -0.489 e. The van der Waals surface area contributed by atoms with Crippen LogP contribution in [0.5, 0.6) is 5.75 Å². The van der Waals surface area contributed by atoms with Gasteiger partial charge < -0.3 is 9.84 Å². The van der Waals surface area contributed by atoms with Crippen molar-refractivity contribution >= 4 is 0 Å². The van der Waals surface area contributed by atoms with Gasteiger partial charge in [-0.2, -0.15) is 0 Å². The molecule has 0 fully saturated rings. The van der Waals surface area contributed by atoms with Gasteiger partial charge in [0.2, 0.25) is 0 Å². The molecule has 2 nitrogen and oxygen atoms in total. The molecule has 21 heavy (non-hydrogen) atoms. The molecule has 2 rings (SSSR count). The summed E-state index contributed by atoms with van der Waals surface area (Å²) in [4.78, 5) is 0. The van der Waals surface area contributed by atoms with Crippen LogP contribution in [-0.2, 0) is 6.61 Å². The second-order valence-corrected chi connectivity index (χ2v) is 4.46. The fourth-order valence-electron chi connectivity index (χ4n) is 1.84. The largest absolute Gasteiger partial charge is 0.489 e. The molecule has 0 aliphatic rings. The quantitative estimate of drug-likeness (QED) is 0.879. The second-order valence-electron chi connectivity index (χ2n) is 4.46. The number of hydrogen-bond acceptors (Lipinski definition) is 2. The van der Waals surface area contributed by atoms with Gasteiger partial charge in [0, 0.05) is 11.1 Å². The minimum absolute atomic E-state index is 0.0495. The molecular weight excluding hydrogens is 274 g/mol. The van der Waals surface area contributed by atoms with Crippen LogP contribution in [0.1, 0.15) is 16.7 Å². The first-order valence-corrected chi connectivity index (χ1v) is 6.37. The van der Waals surface area contributed by atoms with Crippen LogP contribution in [0, 0.1) is 30.4 Å². The van der Waals surface area contributed by atoms with E-state index in [1.807, 2.05) is 6.92 Å². The van der Waals surface area contributed by atoms with Crippen molar-refractivity contribution in [3.8, 4) is 17.6 Å². The second kappa shape index (κ2) is 6.87. The Balaban J connectivity index is 2.11. The van der Waals surface area contributed by atoms with Crippen LogP contribution in [0.15, 0.2) is 36.4 Å². The molecule has 2 aromatic carbocycles. The van der Waals surface area contributed by atoms with Crippen molar-refractivity contribution in [2.24, 2.45) is 0 Å². The van der Waals surface area contributed by atoms with Crippen LogP contribution in [0.3, 0.4) is 0 Å². The number of aliphatic hydroxyl groups is 1. The van der Waals surface area contributed by atoms with Gasteiger partial charge in [-0.1, -0.05) is 11.8 Å². The molecular formula is C17H14F2O2. The third-order valence-corrected chi connectivity index (χ3v) is 2.88. The standard InChI is InChI=1S/C17H14F2O2/c1-12-9-13(3-2-8-20)4-7-17(12)21-11-14-10-15(18)5-6-16(14)19/h4-7,9-10,20H,8,11H2,1H3. The van der Waals surface area contributed by atoms with E-state index in [0.29, 0.717) is 5.75 Å². The van der Waals surface area contributed by atoms with Crippen molar-refractivity contribution in [3.05, 3.63) is 64.7 Å². The maximum absolute atomic E-state index is 13.5. The molecule has 1 N–H and O–H groups in total. The van der Waals surface area contributed by atoms with E-state index in [1.54, 1.807) is 18.2 Å². The lowest BCUT2D eigenvalue weighted by Gasteiger charge is -2.10. The van der Waals surface area contributed by atoms with Crippen LogP contribution < -0.4 is 4.74 Å². The van der Waals surface area contributed by atoms with Crippen LogP contribution in [0.2, 0.25) is 0 Å². The minimum atomic E-state index is -0.500. The van der Waals surface area contributed by atoms with Gasteiger partial charge in [-0.3, -0.25) is 0 Å². The van der Waals surface area contributed by atoms with Gasteiger partial charge in [0.15, 0.2) is 0 Å². The number of aliphatic hydroxyl groups excluding tert-OH is 1. The summed E-state index contributed by atoms with van der Waals surface area (Å²) < 4.78 is 32.1. The van der Waals surface area contributed by atoms with Crippen molar-refractivity contribution in [3.63, 3.8) is 0 Å². The normalized spacial score (nSPS) is 9.90. The van der Waals surface area contributed by atoms with Gasteiger partial charge in [-0.25, -0.2) is 8.78 Å². The van der Waals surface area contributed by atoms with Crippen molar-refractivity contribution in [1.82, 2.24) is 0 Å². The molecule has 0 aliphatic carbocycles. The fraction of sp³-hybridized carbons (Fsp3) is 0.176. The van der Waals surface area contributed by atoms with Gasteiger partial charge in [0.1, 0.15) is 30.6 Å². The Morgan fingerprint density at radius 3 is 2.67 bits per heavy atom. The molecule has 0 amide bonds. The topological polar surface area (TPSA) is 29.5 Å². The Kier molecular flexibility index (Phi) is 4.91. The van der Waals surface area contributed by atoms with E-state index in [0.717, 1.165) is 29.3 Å². The highest BCUT2D eigenvalue weighted by Gasteiger charge is 2.06. The van der Waals surface area contributed by atoms with E-state index in [-0.39, 0.29) is 18.8 Å². The Morgan fingerprint density at radius 1 is 1.14 bits per heavy atom.